The number of nitrogens with one attached hydrogen (secondary N) is 1. The average molecular weight is 238 g/mol. The first-order chi connectivity index (χ1) is 8.11. The van der Waals surface area contributed by atoms with Gasteiger partial charge in [0, 0.05) is 31.7 Å². The van der Waals surface area contributed by atoms with E-state index >= 15 is 0 Å². The molecule has 0 radical (unpaired) electrons. The fourth-order valence-electron chi connectivity index (χ4n) is 3.38. The van der Waals surface area contributed by atoms with Crippen LogP contribution in [0.25, 0.3) is 0 Å². The SMILES string of the molecule is CC(C)C(C)CN1CCNC2(CCCCC2)C1. The zero-order chi connectivity index (χ0) is 12.3. The summed E-state index contributed by atoms with van der Waals surface area (Å²) in [4.78, 5) is 2.71. The molecule has 1 saturated carbocycles. The molecule has 0 aromatic heterocycles. The molecule has 1 aliphatic heterocycles. The molecule has 1 heterocycles. The second kappa shape index (κ2) is 5.71. The smallest absolute Gasteiger partial charge is 0.0309 e. The van der Waals surface area contributed by atoms with Gasteiger partial charge in [-0.05, 0) is 24.7 Å². The Morgan fingerprint density at radius 1 is 1.12 bits per heavy atom. The summed E-state index contributed by atoms with van der Waals surface area (Å²) in [7, 11) is 0. The molecule has 0 aromatic rings. The van der Waals surface area contributed by atoms with Crippen molar-refractivity contribution in [2.45, 2.75) is 58.4 Å². The van der Waals surface area contributed by atoms with Crippen LogP contribution in [-0.4, -0.2) is 36.6 Å². The predicted molar refractivity (Wildman–Crippen MR) is 74.3 cm³/mol. The Bertz CT molecular complexity index is 226. The van der Waals surface area contributed by atoms with Gasteiger partial charge in [0.05, 0.1) is 0 Å². The third kappa shape index (κ3) is 3.45. The van der Waals surface area contributed by atoms with E-state index in [0.29, 0.717) is 5.54 Å². The van der Waals surface area contributed by atoms with E-state index in [1.54, 1.807) is 0 Å². The number of piperazine rings is 1. The molecule has 17 heavy (non-hydrogen) atoms. The van der Waals surface area contributed by atoms with E-state index in [9.17, 15) is 0 Å². The summed E-state index contributed by atoms with van der Waals surface area (Å²) in [6.07, 6.45) is 7.12. The van der Waals surface area contributed by atoms with Gasteiger partial charge in [-0.25, -0.2) is 0 Å². The molecule has 1 aliphatic carbocycles. The summed E-state index contributed by atoms with van der Waals surface area (Å²) < 4.78 is 0. The Morgan fingerprint density at radius 3 is 2.47 bits per heavy atom. The highest BCUT2D eigenvalue weighted by Gasteiger charge is 2.36. The topological polar surface area (TPSA) is 15.3 Å². The molecule has 1 spiro atoms. The van der Waals surface area contributed by atoms with Crippen LogP contribution in [0.2, 0.25) is 0 Å². The summed E-state index contributed by atoms with van der Waals surface area (Å²) in [6.45, 7) is 12.1. The lowest BCUT2D eigenvalue weighted by Crippen LogP contribution is -2.61. The van der Waals surface area contributed by atoms with E-state index < -0.39 is 0 Å². The first-order valence-corrected chi connectivity index (χ1v) is 7.59. The Labute approximate surface area is 107 Å². The largest absolute Gasteiger partial charge is 0.309 e. The van der Waals surface area contributed by atoms with E-state index in [-0.39, 0.29) is 0 Å². The molecule has 1 atom stereocenters. The van der Waals surface area contributed by atoms with Gasteiger partial charge in [-0.15, -0.1) is 0 Å². The van der Waals surface area contributed by atoms with Gasteiger partial charge in [0.25, 0.3) is 0 Å². The second-order valence-electron chi connectivity index (χ2n) is 6.72. The quantitative estimate of drug-likeness (QED) is 0.813. The zero-order valence-corrected chi connectivity index (χ0v) is 12.0. The molecule has 1 N–H and O–H groups in total. The Balaban J connectivity index is 1.88. The summed E-state index contributed by atoms with van der Waals surface area (Å²) in [5.74, 6) is 1.64. The molecule has 2 aliphatic rings. The standard InChI is InChI=1S/C15H30N2/c1-13(2)14(3)11-17-10-9-16-15(12-17)7-5-4-6-8-15/h13-14,16H,4-12H2,1-3H3. The highest BCUT2D eigenvalue weighted by atomic mass is 15.2. The molecule has 2 rings (SSSR count). The minimum Gasteiger partial charge on any atom is -0.309 e. The summed E-state index contributed by atoms with van der Waals surface area (Å²) >= 11 is 0. The minimum atomic E-state index is 0.479. The van der Waals surface area contributed by atoms with E-state index in [2.05, 4.69) is 31.0 Å². The third-order valence-corrected chi connectivity index (χ3v) is 4.95. The lowest BCUT2D eigenvalue weighted by molar-refractivity contribution is 0.0834. The van der Waals surface area contributed by atoms with Crippen molar-refractivity contribution in [3.05, 3.63) is 0 Å². The molecule has 2 fully saturated rings. The maximum absolute atomic E-state index is 3.83. The van der Waals surface area contributed by atoms with Crippen LogP contribution in [0.5, 0.6) is 0 Å². The van der Waals surface area contributed by atoms with E-state index in [1.165, 1.54) is 58.3 Å². The molecule has 1 unspecified atom stereocenters. The molecule has 0 bridgehead atoms. The van der Waals surface area contributed by atoms with E-state index in [4.69, 9.17) is 0 Å². The van der Waals surface area contributed by atoms with Crippen molar-refractivity contribution in [1.29, 1.82) is 0 Å². The normalized spacial score (nSPS) is 27.5. The van der Waals surface area contributed by atoms with Gasteiger partial charge in [0.15, 0.2) is 0 Å². The van der Waals surface area contributed by atoms with Crippen LogP contribution in [0.15, 0.2) is 0 Å². The summed E-state index contributed by atoms with van der Waals surface area (Å²) in [5.41, 5.74) is 0.479. The first-order valence-electron chi connectivity index (χ1n) is 7.59. The fourth-order valence-corrected chi connectivity index (χ4v) is 3.38. The van der Waals surface area contributed by atoms with Crippen LogP contribution in [0.1, 0.15) is 52.9 Å². The molecule has 1 saturated heterocycles. The van der Waals surface area contributed by atoms with E-state index in [0.717, 1.165) is 11.8 Å². The summed E-state index contributed by atoms with van der Waals surface area (Å²) in [5, 5.41) is 3.83. The number of nitrogens with zero attached hydrogens (tertiary/aromatic N) is 1. The van der Waals surface area contributed by atoms with Crippen molar-refractivity contribution in [1.82, 2.24) is 10.2 Å². The number of rotatable bonds is 3. The summed E-state index contributed by atoms with van der Waals surface area (Å²) in [6, 6.07) is 0. The predicted octanol–water partition coefficient (Wildman–Crippen LogP) is 2.89. The molecule has 100 valence electrons. The van der Waals surface area contributed by atoms with Crippen molar-refractivity contribution in [2.24, 2.45) is 11.8 Å². The third-order valence-electron chi connectivity index (χ3n) is 4.95. The number of hydrogen-bond acceptors (Lipinski definition) is 2. The van der Waals surface area contributed by atoms with Crippen LogP contribution in [-0.2, 0) is 0 Å². The van der Waals surface area contributed by atoms with Crippen molar-refractivity contribution >= 4 is 0 Å². The Morgan fingerprint density at radius 2 is 1.82 bits per heavy atom. The Kier molecular flexibility index (Phi) is 4.48. The van der Waals surface area contributed by atoms with Crippen molar-refractivity contribution in [3.63, 3.8) is 0 Å². The van der Waals surface area contributed by atoms with Crippen LogP contribution < -0.4 is 5.32 Å². The van der Waals surface area contributed by atoms with Crippen molar-refractivity contribution in [2.75, 3.05) is 26.2 Å². The minimum absolute atomic E-state index is 0.479. The van der Waals surface area contributed by atoms with Gasteiger partial charge in [-0.2, -0.15) is 0 Å². The molecule has 2 heteroatoms. The number of hydrogen-bond donors (Lipinski definition) is 1. The Hall–Kier alpha value is -0.0800. The molecular weight excluding hydrogens is 208 g/mol. The van der Waals surface area contributed by atoms with Crippen molar-refractivity contribution in [3.8, 4) is 0 Å². The van der Waals surface area contributed by atoms with Gasteiger partial charge < -0.3 is 5.32 Å². The molecule has 0 aromatic carbocycles. The second-order valence-corrected chi connectivity index (χ2v) is 6.72. The lowest BCUT2D eigenvalue weighted by Gasteiger charge is -2.47. The molecule has 2 nitrogen and oxygen atoms in total. The van der Waals surface area contributed by atoms with Crippen LogP contribution in [0, 0.1) is 11.8 Å². The van der Waals surface area contributed by atoms with E-state index in [1.807, 2.05) is 0 Å². The monoisotopic (exact) mass is 238 g/mol. The van der Waals surface area contributed by atoms with Crippen molar-refractivity contribution < 1.29 is 0 Å². The average Bonchev–Trinajstić information content (AvgIpc) is 2.30. The highest BCUT2D eigenvalue weighted by molar-refractivity contribution is 4.96. The maximum Gasteiger partial charge on any atom is 0.0309 e. The van der Waals surface area contributed by atoms with Gasteiger partial charge in [0.2, 0.25) is 0 Å². The first kappa shape index (κ1) is 13.4. The van der Waals surface area contributed by atoms with Crippen LogP contribution >= 0.6 is 0 Å². The van der Waals surface area contributed by atoms with Gasteiger partial charge in [-0.3, -0.25) is 4.90 Å². The maximum atomic E-state index is 3.83. The van der Waals surface area contributed by atoms with Gasteiger partial charge >= 0.3 is 0 Å². The molecule has 0 amide bonds. The van der Waals surface area contributed by atoms with Gasteiger partial charge in [0.1, 0.15) is 0 Å². The van der Waals surface area contributed by atoms with Crippen LogP contribution in [0.4, 0.5) is 0 Å². The molecular formula is C15H30N2. The fraction of sp³-hybridized carbons (Fsp3) is 1.00. The zero-order valence-electron chi connectivity index (χ0n) is 12.0. The lowest BCUT2D eigenvalue weighted by atomic mass is 9.80. The van der Waals surface area contributed by atoms with Crippen LogP contribution in [0.3, 0.4) is 0 Å². The highest BCUT2D eigenvalue weighted by Crippen LogP contribution is 2.31. The van der Waals surface area contributed by atoms with Gasteiger partial charge in [-0.1, -0.05) is 40.0 Å².